The maximum absolute atomic E-state index is 13.2. The molecule has 2 aromatic carbocycles. The summed E-state index contributed by atoms with van der Waals surface area (Å²) in [5.41, 5.74) is 0.614. The highest BCUT2D eigenvalue weighted by Crippen LogP contribution is 2.48. The van der Waals surface area contributed by atoms with Gasteiger partial charge < -0.3 is 0 Å². The van der Waals surface area contributed by atoms with Crippen molar-refractivity contribution in [3.05, 3.63) is 70.3 Å². The zero-order valence-electron chi connectivity index (χ0n) is 12.5. The van der Waals surface area contributed by atoms with E-state index in [1.165, 1.54) is 12.1 Å². The molecule has 3 rings (SSSR count). The van der Waals surface area contributed by atoms with Crippen LogP contribution in [0.5, 0.6) is 0 Å². The van der Waals surface area contributed by atoms with Crippen molar-refractivity contribution < 1.29 is 13.3 Å². The summed E-state index contributed by atoms with van der Waals surface area (Å²) in [5, 5.41) is 10.8. The minimum Gasteiger partial charge on any atom is -0.258 e. The van der Waals surface area contributed by atoms with E-state index in [-0.39, 0.29) is 5.69 Å². The van der Waals surface area contributed by atoms with Gasteiger partial charge in [0.25, 0.3) is 5.69 Å². The number of sulfone groups is 1. The van der Waals surface area contributed by atoms with E-state index in [0.717, 1.165) is 12.8 Å². The van der Waals surface area contributed by atoms with Crippen LogP contribution in [0, 0.1) is 10.1 Å². The van der Waals surface area contributed by atoms with Crippen LogP contribution in [0.25, 0.3) is 0 Å². The molecule has 0 unspecified atom stereocenters. The molecule has 0 aliphatic heterocycles. The first-order valence-electron chi connectivity index (χ1n) is 7.52. The van der Waals surface area contributed by atoms with Crippen LogP contribution in [0.3, 0.4) is 0 Å². The van der Waals surface area contributed by atoms with E-state index < -0.39 is 19.5 Å². The van der Waals surface area contributed by atoms with Crippen LogP contribution in [0.15, 0.2) is 59.5 Å². The lowest BCUT2D eigenvalue weighted by Gasteiger charge is -2.29. The zero-order chi connectivity index (χ0) is 16.5. The summed E-state index contributed by atoms with van der Waals surface area (Å²) in [7, 11) is -3.56. The number of benzene rings is 2. The van der Waals surface area contributed by atoms with Crippen LogP contribution in [-0.4, -0.2) is 13.3 Å². The van der Waals surface area contributed by atoms with Crippen LogP contribution in [0.2, 0.25) is 0 Å². The topological polar surface area (TPSA) is 77.3 Å². The maximum atomic E-state index is 13.2. The smallest absolute Gasteiger partial charge is 0.258 e. The number of nitro groups is 1. The monoisotopic (exact) mass is 331 g/mol. The minimum atomic E-state index is -3.56. The molecular weight excluding hydrogens is 314 g/mol. The second kappa shape index (κ2) is 5.77. The molecule has 0 bridgehead atoms. The van der Waals surface area contributed by atoms with E-state index in [9.17, 15) is 18.5 Å². The average molecular weight is 331 g/mol. The van der Waals surface area contributed by atoms with Gasteiger partial charge in [0, 0.05) is 12.1 Å². The molecule has 1 aliphatic rings. The van der Waals surface area contributed by atoms with Crippen LogP contribution in [0.1, 0.15) is 31.2 Å². The lowest BCUT2D eigenvalue weighted by Crippen LogP contribution is -2.33. The number of non-ortho nitro benzene ring substituents is 1. The molecule has 1 fully saturated rings. The Kier molecular flexibility index (Phi) is 3.93. The molecule has 2 aromatic rings. The van der Waals surface area contributed by atoms with Crippen molar-refractivity contribution in [1.82, 2.24) is 0 Å². The largest absolute Gasteiger partial charge is 0.269 e. The van der Waals surface area contributed by atoms with Gasteiger partial charge >= 0.3 is 0 Å². The third kappa shape index (κ3) is 2.53. The van der Waals surface area contributed by atoms with Gasteiger partial charge in [0.1, 0.15) is 4.75 Å². The molecule has 23 heavy (non-hydrogen) atoms. The second-order valence-corrected chi connectivity index (χ2v) is 8.08. The molecule has 0 heterocycles. The van der Waals surface area contributed by atoms with E-state index in [2.05, 4.69) is 0 Å². The quantitative estimate of drug-likeness (QED) is 0.630. The first-order valence-corrected chi connectivity index (χ1v) is 9.00. The standard InChI is InChI=1S/C17H17NO4S/c19-18(20)15-10-8-14(9-11-15)17(12-4-5-13-17)23(21,22)16-6-2-1-3-7-16/h1-3,6-11H,4-5,12-13H2. The molecule has 0 spiro atoms. The number of nitro benzene ring substituents is 1. The average Bonchev–Trinajstić information content (AvgIpc) is 3.07. The summed E-state index contributed by atoms with van der Waals surface area (Å²) >= 11 is 0. The lowest BCUT2D eigenvalue weighted by atomic mass is 9.96. The van der Waals surface area contributed by atoms with Gasteiger partial charge in [0.05, 0.1) is 9.82 Å². The Balaban J connectivity index is 2.12. The Morgan fingerprint density at radius 1 is 0.913 bits per heavy atom. The fraction of sp³-hybridized carbons (Fsp3) is 0.294. The van der Waals surface area contributed by atoms with Crippen molar-refractivity contribution in [1.29, 1.82) is 0 Å². The molecule has 0 radical (unpaired) electrons. The Bertz CT molecular complexity index is 807. The second-order valence-electron chi connectivity index (χ2n) is 5.82. The molecular formula is C17H17NO4S. The van der Waals surface area contributed by atoms with Crippen LogP contribution in [-0.2, 0) is 14.6 Å². The molecule has 120 valence electrons. The normalized spacial score (nSPS) is 17.0. The van der Waals surface area contributed by atoms with Gasteiger partial charge in [-0.05, 0) is 30.5 Å². The summed E-state index contributed by atoms with van der Waals surface area (Å²) in [6.45, 7) is 0. The Morgan fingerprint density at radius 3 is 2.00 bits per heavy atom. The molecule has 0 amide bonds. The molecule has 1 aliphatic carbocycles. The van der Waals surface area contributed by atoms with Gasteiger partial charge in [-0.2, -0.15) is 0 Å². The van der Waals surface area contributed by atoms with Gasteiger partial charge in [0.15, 0.2) is 9.84 Å². The molecule has 1 saturated carbocycles. The molecule has 5 nitrogen and oxygen atoms in total. The highest BCUT2D eigenvalue weighted by atomic mass is 32.2. The van der Waals surface area contributed by atoms with Crippen molar-refractivity contribution in [3.8, 4) is 0 Å². The fourth-order valence-electron chi connectivity index (χ4n) is 3.37. The first kappa shape index (κ1) is 15.7. The van der Waals surface area contributed by atoms with E-state index in [0.29, 0.717) is 23.3 Å². The summed E-state index contributed by atoms with van der Waals surface area (Å²) < 4.78 is 25.5. The van der Waals surface area contributed by atoms with Crippen LogP contribution < -0.4 is 0 Å². The third-order valence-electron chi connectivity index (χ3n) is 4.58. The van der Waals surface area contributed by atoms with E-state index in [4.69, 9.17) is 0 Å². The van der Waals surface area contributed by atoms with E-state index in [1.54, 1.807) is 42.5 Å². The predicted octanol–water partition coefficient (Wildman–Crippen LogP) is 3.84. The summed E-state index contributed by atoms with van der Waals surface area (Å²) in [6, 6.07) is 14.4. The molecule has 0 saturated heterocycles. The van der Waals surface area contributed by atoms with Gasteiger partial charge in [-0.3, -0.25) is 10.1 Å². The maximum Gasteiger partial charge on any atom is 0.269 e. The summed E-state index contributed by atoms with van der Waals surface area (Å²) in [6.07, 6.45) is 2.76. The number of hydrogen-bond acceptors (Lipinski definition) is 4. The van der Waals surface area contributed by atoms with Crippen molar-refractivity contribution in [3.63, 3.8) is 0 Å². The lowest BCUT2D eigenvalue weighted by molar-refractivity contribution is -0.384. The minimum absolute atomic E-state index is 0.0287. The van der Waals surface area contributed by atoms with Crippen LogP contribution in [0.4, 0.5) is 5.69 Å². The Labute approximate surface area is 135 Å². The summed E-state index contributed by atoms with van der Waals surface area (Å²) in [5.74, 6) is 0. The number of nitrogens with zero attached hydrogens (tertiary/aromatic N) is 1. The SMILES string of the molecule is O=[N+]([O-])c1ccc(C2(S(=O)(=O)c3ccccc3)CCCC2)cc1. The Hall–Kier alpha value is -2.21. The first-order chi connectivity index (χ1) is 11.0. The highest BCUT2D eigenvalue weighted by Gasteiger charge is 2.48. The van der Waals surface area contributed by atoms with Crippen molar-refractivity contribution in [2.24, 2.45) is 0 Å². The van der Waals surface area contributed by atoms with Gasteiger partial charge in [-0.1, -0.05) is 43.2 Å². The van der Waals surface area contributed by atoms with Crippen molar-refractivity contribution >= 4 is 15.5 Å². The molecule has 0 aromatic heterocycles. The summed E-state index contributed by atoms with van der Waals surface area (Å²) in [4.78, 5) is 10.6. The van der Waals surface area contributed by atoms with Gasteiger partial charge in [0.2, 0.25) is 0 Å². The highest BCUT2D eigenvalue weighted by molar-refractivity contribution is 7.92. The Morgan fingerprint density at radius 2 is 1.48 bits per heavy atom. The van der Waals surface area contributed by atoms with Gasteiger partial charge in [-0.25, -0.2) is 8.42 Å². The molecule has 0 N–H and O–H groups in total. The number of hydrogen-bond donors (Lipinski definition) is 0. The third-order valence-corrected chi connectivity index (χ3v) is 7.15. The van der Waals surface area contributed by atoms with Crippen molar-refractivity contribution in [2.45, 2.75) is 35.3 Å². The van der Waals surface area contributed by atoms with Gasteiger partial charge in [-0.15, -0.1) is 0 Å². The zero-order valence-corrected chi connectivity index (χ0v) is 13.3. The van der Waals surface area contributed by atoms with E-state index in [1.807, 2.05) is 0 Å². The predicted molar refractivity (Wildman–Crippen MR) is 86.9 cm³/mol. The fourth-order valence-corrected chi connectivity index (χ4v) is 5.61. The molecule has 6 heteroatoms. The molecule has 0 atom stereocenters. The number of rotatable bonds is 4. The van der Waals surface area contributed by atoms with E-state index >= 15 is 0 Å². The van der Waals surface area contributed by atoms with Crippen LogP contribution >= 0.6 is 0 Å². The van der Waals surface area contributed by atoms with Crippen molar-refractivity contribution in [2.75, 3.05) is 0 Å².